The minimum atomic E-state index is 0.189. The quantitative estimate of drug-likeness (QED) is 0.790. The molecule has 1 atom stereocenters. The Hall–Kier alpha value is -1.99. The molecule has 0 radical (unpaired) electrons. The van der Waals surface area contributed by atoms with Crippen molar-refractivity contribution in [3.05, 3.63) is 35.4 Å². The Kier molecular flexibility index (Phi) is 3.35. The molecule has 0 amide bonds. The van der Waals surface area contributed by atoms with Gasteiger partial charge in [-0.15, -0.1) is 0 Å². The SMILES string of the molecule is c1ccc2c(c1)CC1(CCN(c3nnnn3CC3CN4CC5CC4(CO3)C5)C1)C2. The molecule has 7 heteroatoms. The number of aromatic nitrogens is 4. The van der Waals surface area contributed by atoms with Gasteiger partial charge in [-0.25, -0.2) is 4.68 Å². The number of anilines is 1. The number of fused-ring (bicyclic) bond motifs is 1. The van der Waals surface area contributed by atoms with Gasteiger partial charge in [-0.1, -0.05) is 29.4 Å². The molecule has 5 fully saturated rings. The van der Waals surface area contributed by atoms with Crippen LogP contribution in [0, 0.1) is 11.3 Å². The van der Waals surface area contributed by atoms with Gasteiger partial charge in [0.25, 0.3) is 0 Å². The molecule has 1 unspecified atom stereocenters. The molecular formula is C22H28N6O. The van der Waals surface area contributed by atoms with E-state index in [0.717, 1.165) is 44.7 Å². The van der Waals surface area contributed by atoms with Gasteiger partial charge in [-0.2, -0.15) is 0 Å². The minimum Gasteiger partial charge on any atom is -0.373 e. The molecule has 5 heterocycles. The summed E-state index contributed by atoms with van der Waals surface area (Å²) in [6.07, 6.45) is 6.46. The van der Waals surface area contributed by atoms with Crippen molar-refractivity contribution in [3.8, 4) is 0 Å². The van der Waals surface area contributed by atoms with Gasteiger partial charge in [-0.05, 0) is 65.0 Å². The summed E-state index contributed by atoms with van der Waals surface area (Å²) >= 11 is 0. The molecule has 2 spiro atoms. The van der Waals surface area contributed by atoms with Crippen LogP contribution in [0.15, 0.2) is 24.3 Å². The van der Waals surface area contributed by atoms with Crippen molar-refractivity contribution in [2.24, 2.45) is 11.3 Å². The van der Waals surface area contributed by atoms with Crippen molar-refractivity contribution >= 4 is 5.95 Å². The molecule has 0 N–H and O–H groups in total. The molecule has 1 saturated carbocycles. The van der Waals surface area contributed by atoms with Gasteiger partial charge in [0.15, 0.2) is 0 Å². The molecule has 8 rings (SSSR count). The van der Waals surface area contributed by atoms with Gasteiger partial charge in [0.2, 0.25) is 5.95 Å². The van der Waals surface area contributed by atoms with Crippen LogP contribution in [0.2, 0.25) is 0 Å². The molecule has 6 aliphatic rings. The first-order valence-electron chi connectivity index (χ1n) is 11.2. The molecule has 7 nitrogen and oxygen atoms in total. The van der Waals surface area contributed by atoms with Gasteiger partial charge in [-0.3, -0.25) is 4.90 Å². The van der Waals surface area contributed by atoms with E-state index in [2.05, 4.69) is 49.6 Å². The first kappa shape index (κ1) is 16.8. The fourth-order valence-corrected chi connectivity index (χ4v) is 6.97. The highest BCUT2D eigenvalue weighted by Gasteiger charge is 2.58. The Labute approximate surface area is 171 Å². The van der Waals surface area contributed by atoms with Crippen molar-refractivity contribution < 1.29 is 4.74 Å². The highest BCUT2D eigenvalue weighted by atomic mass is 16.5. The van der Waals surface area contributed by atoms with E-state index < -0.39 is 0 Å². The number of morpholine rings is 1. The number of benzene rings is 1. The maximum Gasteiger partial charge on any atom is 0.245 e. The summed E-state index contributed by atoms with van der Waals surface area (Å²) in [5, 5.41) is 12.8. The summed E-state index contributed by atoms with van der Waals surface area (Å²) in [5.41, 5.74) is 3.79. The fourth-order valence-electron chi connectivity index (χ4n) is 6.97. The molecule has 2 bridgehead atoms. The average molecular weight is 393 g/mol. The minimum absolute atomic E-state index is 0.189. The van der Waals surface area contributed by atoms with Gasteiger partial charge in [0, 0.05) is 31.7 Å². The van der Waals surface area contributed by atoms with Crippen LogP contribution in [0.5, 0.6) is 0 Å². The zero-order valence-corrected chi connectivity index (χ0v) is 16.8. The Bertz CT molecular complexity index is 925. The van der Waals surface area contributed by atoms with Crippen LogP contribution in [0.4, 0.5) is 5.95 Å². The van der Waals surface area contributed by atoms with Crippen molar-refractivity contribution in [1.82, 2.24) is 25.1 Å². The Morgan fingerprint density at radius 2 is 1.93 bits per heavy atom. The van der Waals surface area contributed by atoms with Gasteiger partial charge in [0.05, 0.1) is 19.3 Å². The van der Waals surface area contributed by atoms with E-state index in [4.69, 9.17) is 4.74 Å². The normalized spacial score (nSPS) is 34.4. The lowest BCUT2D eigenvalue weighted by Crippen LogP contribution is -2.57. The molecule has 1 aromatic carbocycles. The lowest BCUT2D eigenvalue weighted by Gasteiger charge is -2.47. The van der Waals surface area contributed by atoms with Crippen molar-refractivity contribution in [2.75, 3.05) is 37.7 Å². The number of hydrogen-bond acceptors (Lipinski definition) is 6. The van der Waals surface area contributed by atoms with Crippen LogP contribution in [0.3, 0.4) is 0 Å². The summed E-state index contributed by atoms with van der Waals surface area (Å²) in [5.74, 6) is 1.84. The van der Waals surface area contributed by atoms with Gasteiger partial charge < -0.3 is 9.64 Å². The number of tetrazole rings is 1. The lowest BCUT2D eigenvalue weighted by molar-refractivity contribution is -0.109. The van der Waals surface area contributed by atoms with E-state index in [0.29, 0.717) is 11.0 Å². The van der Waals surface area contributed by atoms with E-state index >= 15 is 0 Å². The zero-order chi connectivity index (χ0) is 19.1. The smallest absolute Gasteiger partial charge is 0.245 e. The van der Waals surface area contributed by atoms with Crippen LogP contribution in [0.1, 0.15) is 30.4 Å². The van der Waals surface area contributed by atoms with E-state index in [1.807, 2.05) is 4.68 Å². The molecule has 4 saturated heterocycles. The summed E-state index contributed by atoms with van der Waals surface area (Å²) in [4.78, 5) is 5.08. The monoisotopic (exact) mass is 392 g/mol. The predicted molar refractivity (Wildman–Crippen MR) is 108 cm³/mol. The molecule has 4 aliphatic heterocycles. The number of ether oxygens (including phenoxy) is 1. The third-order valence-corrected chi connectivity index (χ3v) is 8.36. The Morgan fingerprint density at radius 1 is 1.10 bits per heavy atom. The maximum absolute atomic E-state index is 6.28. The van der Waals surface area contributed by atoms with Crippen LogP contribution in [0.25, 0.3) is 0 Å². The Morgan fingerprint density at radius 3 is 2.76 bits per heavy atom. The Balaban J connectivity index is 1.06. The van der Waals surface area contributed by atoms with E-state index in [9.17, 15) is 0 Å². The van der Waals surface area contributed by atoms with Gasteiger partial charge >= 0.3 is 0 Å². The fraction of sp³-hybridized carbons (Fsp3) is 0.682. The first-order chi connectivity index (χ1) is 14.2. The molecule has 152 valence electrons. The van der Waals surface area contributed by atoms with Crippen LogP contribution < -0.4 is 4.90 Å². The number of nitrogens with zero attached hydrogens (tertiary/aromatic N) is 6. The first-order valence-corrected chi connectivity index (χ1v) is 11.2. The number of hydrogen-bond donors (Lipinski definition) is 0. The largest absolute Gasteiger partial charge is 0.373 e. The lowest BCUT2D eigenvalue weighted by atomic mass is 9.73. The predicted octanol–water partition coefficient (Wildman–Crippen LogP) is 1.53. The van der Waals surface area contributed by atoms with Crippen molar-refractivity contribution in [3.63, 3.8) is 0 Å². The highest BCUT2D eigenvalue weighted by molar-refractivity contribution is 5.39. The summed E-state index contributed by atoms with van der Waals surface area (Å²) in [7, 11) is 0. The van der Waals surface area contributed by atoms with E-state index in [1.54, 1.807) is 0 Å². The third kappa shape index (κ3) is 2.46. The molecular weight excluding hydrogens is 364 g/mol. The third-order valence-electron chi connectivity index (χ3n) is 8.36. The molecule has 1 aromatic heterocycles. The summed E-state index contributed by atoms with van der Waals surface area (Å²) in [6.45, 7) is 6.01. The zero-order valence-electron chi connectivity index (χ0n) is 16.8. The average Bonchev–Trinajstić information content (AvgIpc) is 3.48. The summed E-state index contributed by atoms with van der Waals surface area (Å²) < 4.78 is 8.27. The molecule has 2 aromatic rings. The van der Waals surface area contributed by atoms with Crippen molar-refractivity contribution in [1.29, 1.82) is 0 Å². The van der Waals surface area contributed by atoms with Crippen LogP contribution in [-0.2, 0) is 24.1 Å². The highest BCUT2D eigenvalue weighted by Crippen LogP contribution is 2.52. The molecule has 29 heavy (non-hydrogen) atoms. The van der Waals surface area contributed by atoms with Gasteiger partial charge in [0.1, 0.15) is 0 Å². The second-order valence-electron chi connectivity index (χ2n) is 10.3. The summed E-state index contributed by atoms with van der Waals surface area (Å²) in [6, 6.07) is 8.94. The van der Waals surface area contributed by atoms with Crippen LogP contribution >= 0.6 is 0 Å². The maximum atomic E-state index is 6.28. The molecule has 2 aliphatic carbocycles. The second kappa shape index (κ2) is 5.79. The van der Waals surface area contributed by atoms with Crippen molar-refractivity contribution in [2.45, 2.75) is 50.3 Å². The number of rotatable bonds is 3. The second-order valence-corrected chi connectivity index (χ2v) is 10.3. The van der Waals surface area contributed by atoms with Crippen LogP contribution in [-0.4, -0.2) is 69.5 Å². The van der Waals surface area contributed by atoms with E-state index in [1.165, 1.54) is 49.8 Å². The standard InChI is InChI=1S/C22H28N6O/c1-2-4-18-10-21(9-17(18)3-1)5-6-26(14-21)20-23-24-25-28(20)13-19-12-27-11-16-7-22(27,8-16)15-29-19/h1-4,16,19H,5-15H2. The topological polar surface area (TPSA) is 59.3 Å². The van der Waals surface area contributed by atoms with E-state index in [-0.39, 0.29) is 6.10 Å².